The van der Waals surface area contributed by atoms with Crippen molar-refractivity contribution in [3.05, 3.63) is 29.8 Å². The molecule has 4 heteroatoms. The van der Waals surface area contributed by atoms with E-state index < -0.39 is 11.5 Å². The molecule has 0 saturated carbocycles. The average molecular weight is 209 g/mol. The number of carbonyl (C=O) groups excluding carboxylic acids is 1. The first-order valence-corrected chi connectivity index (χ1v) is 4.63. The highest BCUT2D eigenvalue weighted by molar-refractivity contribution is 5.92. The predicted octanol–water partition coefficient (Wildman–Crippen LogP) is 0.935. The van der Waals surface area contributed by atoms with E-state index in [0.29, 0.717) is 11.3 Å². The molecule has 4 nitrogen and oxygen atoms in total. The van der Waals surface area contributed by atoms with Crippen LogP contribution in [0.25, 0.3) is 0 Å². The Hall–Kier alpha value is -1.55. The summed E-state index contributed by atoms with van der Waals surface area (Å²) in [4.78, 5) is 10.8. The second-order valence-corrected chi connectivity index (χ2v) is 3.99. The SMILES string of the molecule is CC(C)(O)COc1ccc(C(N)=O)cc1. The van der Waals surface area contributed by atoms with E-state index in [2.05, 4.69) is 0 Å². The summed E-state index contributed by atoms with van der Waals surface area (Å²) >= 11 is 0. The quantitative estimate of drug-likeness (QED) is 0.775. The molecule has 3 N–H and O–H groups in total. The number of hydrogen-bond acceptors (Lipinski definition) is 3. The second-order valence-electron chi connectivity index (χ2n) is 3.99. The van der Waals surface area contributed by atoms with E-state index in [4.69, 9.17) is 10.5 Å². The lowest BCUT2D eigenvalue weighted by Gasteiger charge is -2.17. The Balaban J connectivity index is 2.61. The molecule has 0 fully saturated rings. The van der Waals surface area contributed by atoms with Gasteiger partial charge in [0.05, 0.1) is 5.60 Å². The summed E-state index contributed by atoms with van der Waals surface area (Å²) in [6.07, 6.45) is 0. The fourth-order valence-corrected chi connectivity index (χ4v) is 0.975. The molecule has 0 aliphatic heterocycles. The van der Waals surface area contributed by atoms with Crippen LogP contribution in [0, 0.1) is 0 Å². The van der Waals surface area contributed by atoms with Gasteiger partial charge in [-0.2, -0.15) is 0 Å². The van der Waals surface area contributed by atoms with Crippen LogP contribution < -0.4 is 10.5 Å². The van der Waals surface area contributed by atoms with Gasteiger partial charge in [-0.1, -0.05) is 0 Å². The minimum absolute atomic E-state index is 0.197. The maximum Gasteiger partial charge on any atom is 0.248 e. The topological polar surface area (TPSA) is 72.6 Å². The number of rotatable bonds is 4. The standard InChI is InChI=1S/C11H15NO3/c1-11(2,14)7-15-9-5-3-8(4-6-9)10(12)13/h3-6,14H,7H2,1-2H3,(H2,12,13). The molecule has 1 aromatic rings. The van der Waals surface area contributed by atoms with Gasteiger partial charge in [0.1, 0.15) is 12.4 Å². The fraction of sp³-hybridized carbons (Fsp3) is 0.364. The summed E-state index contributed by atoms with van der Waals surface area (Å²) in [5.41, 5.74) is 4.65. The lowest BCUT2D eigenvalue weighted by molar-refractivity contribution is 0.0285. The minimum atomic E-state index is -0.873. The molecule has 1 aromatic carbocycles. The second kappa shape index (κ2) is 4.31. The molecular weight excluding hydrogens is 194 g/mol. The monoisotopic (exact) mass is 209 g/mol. The van der Waals surface area contributed by atoms with Crippen LogP contribution in [0.4, 0.5) is 0 Å². The first-order chi connectivity index (χ1) is 6.88. The predicted molar refractivity (Wildman–Crippen MR) is 56.8 cm³/mol. The summed E-state index contributed by atoms with van der Waals surface area (Å²) in [5.74, 6) is 0.131. The first-order valence-electron chi connectivity index (χ1n) is 4.63. The lowest BCUT2D eigenvalue weighted by atomic mass is 10.1. The van der Waals surface area contributed by atoms with E-state index in [-0.39, 0.29) is 6.61 Å². The molecule has 0 spiro atoms. The van der Waals surface area contributed by atoms with Crippen LogP contribution in [0.3, 0.4) is 0 Å². The highest BCUT2D eigenvalue weighted by Gasteiger charge is 2.13. The van der Waals surface area contributed by atoms with Crippen LogP contribution in [-0.4, -0.2) is 23.2 Å². The van der Waals surface area contributed by atoms with Gasteiger partial charge < -0.3 is 15.6 Å². The molecule has 82 valence electrons. The summed E-state index contributed by atoms with van der Waals surface area (Å²) in [7, 11) is 0. The zero-order valence-corrected chi connectivity index (χ0v) is 8.86. The largest absolute Gasteiger partial charge is 0.491 e. The molecule has 0 saturated heterocycles. The van der Waals surface area contributed by atoms with Gasteiger partial charge in [-0.05, 0) is 38.1 Å². The van der Waals surface area contributed by atoms with Crippen molar-refractivity contribution in [1.29, 1.82) is 0 Å². The Kier molecular flexibility index (Phi) is 3.31. The Morgan fingerprint density at radius 1 is 1.40 bits per heavy atom. The van der Waals surface area contributed by atoms with E-state index in [1.165, 1.54) is 0 Å². The summed E-state index contributed by atoms with van der Waals surface area (Å²) in [6, 6.07) is 6.46. The molecule has 0 atom stereocenters. The molecule has 0 heterocycles. The van der Waals surface area contributed by atoms with Gasteiger partial charge in [0.15, 0.2) is 0 Å². The normalized spacial score (nSPS) is 11.1. The number of hydrogen-bond donors (Lipinski definition) is 2. The van der Waals surface area contributed by atoms with Crippen molar-refractivity contribution in [1.82, 2.24) is 0 Å². The molecule has 0 radical (unpaired) electrons. The van der Waals surface area contributed by atoms with E-state index in [1.54, 1.807) is 38.1 Å². The van der Waals surface area contributed by atoms with Crippen LogP contribution in [0.15, 0.2) is 24.3 Å². The maximum atomic E-state index is 10.8. The van der Waals surface area contributed by atoms with Gasteiger partial charge in [0, 0.05) is 5.56 Å². The van der Waals surface area contributed by atoms with Crippen LogP contribution in [0.1, 0.15) is 24.2 Å². The molecular formula is C11H15NO3. The van der Waals surface area contributed by atoms with E-state index in [0.717, 1.165) is 0 Å². The van der Waals surface area contributed by atoms with Crippen molar-refractivity contribution in [3.63, 3.8) is 0 Å². The van der Waals surface area contributed by atoms with Gasteiger partial charge in [-0.25, -0.2) is 0 Å². The van der Waals surface area contributed by atoms with Gasteiger partial charge in [-0.3, -0.25) is 4.79 Å². The fourth-order valence-electron chi connectivity index (χ4n) is 0.975. The third-order valence-corrected chi connectivity index (χ3v) is 1.73. The third kappa shape index (κ3) is 3.99. The third-order valence-electron chi connectivity index (χ3n) is 1.73. The lowest BCUT2D eigenvalue weighted by Crippen LogP contribution is -2.27. The van der Waals surface area contributed by atoms with Crippen LogP contribution in [0.2, 0.25) is 0 Å². The van der Waals surface area contributed by atoms with E-state index in [9.17, 15) is 9.90 Å². The summed E-state index contributed by atoms with van der Waals surface area (Å²) in [6.45, 7) is 3.51. The van der Waals surface area contributed by atoms with Crippen molar-refractivity contribution >= 4 is 5.91 Å². The van der Waals surface area contributed by atoms with Gasteiger partial charge in [0.2, 0.25) is 5.91 Å². The molecule has 0 aromatic heterocycles. The van der Waals surface area contributed by atoms with Crippen molar-refractivity contribution in [2.24, 2.45) is 5.73 Å². The number of aliphatic hydroxyl groups is 1. The number of carbonyl (C=O) groups is 1. The van der Waals surface area contributed by atoms with Gasteiger partial charge >= 0.3 is 0 Å². The molecule has 0 bridgehead atoms. The van der Waals surface area contributed by atoms with Crippen molar-refractivity contribution in [2.45, 2.75) is 19.4 Å². The molecule has 0 unspecified atom stereocenters. The number of benzene rings is 1. The van der Waals surface area contributed by atoms with Crippen molar-refractivity contribution < 1.29 is 14.6 Å². The highest BCUT2D eigenvalue weighted by atomic mass is 16.5. The number of nitrogens with two attached hydrogens (primary N) is 1. The van der Waals surface area contributed by atoms with Gasteiger partial charge in [-0.15, -0.1) is 0 Å². The van der Waals surface area contributed by atoms with Crippen molar-refractivity contribution in [3.8, 4) is 5.75 Å². The van der Waals surface area contributed by atoms with Crippen molar-refractivity contribution in [2.75, 3.05) is 6.61 Å². The van der Waals surface area contributed by atoms with E-state index in [1.807, 2.05) is 0 Å². The average Bonchev–Trinajstić information content (AvgIpc) is 2.14. The number of primary amides is 1. The molecule has 1 amide bonds. The Morgan fingerprint density at radius 2 is 1.93 bits per heavy atom. The molecule has 0 aliphatic carbocycles. The Labute approximate surface area is 88.7 Å². The van der Waals surface area contributed by atoms with Crippen LogP contribution >= 0.6 is 0 Å². The first kappa shape index (κ1) is 11.5. The number of ether oxygens (including phenoxy) is 1. The molecule has 0 aliphatic rings. The Morgan fingerprint density at radius 3 is 2.33 bits per heavy atom. The maximum absolute atomic E-state index is 10.8. The van der Waals surface area contributed by atoms with E-state index >= 15 is 0 Å². The zero-order valence-electron chi connectivity index (χ0n) is 8.86. The smallest absolute Gasteiger partial charge is 0.248 e. The number of amides is 1. The van der Waals surface area contributed by atoms with Crippen LogP contribution in [-0.2, 0) is 0 Å². The molecule has 15 heavy (non-hydrogen) atoms. The molecule has 1 rings (SSSR count). The van der Waals surface area contributed by atoms with Gasteiger partial charge in [0.25, 0.3) is 0 Å². The Bertz CT molecular complexity index is 338. The minimum Gasteiger partial charge on any atom is -0.491 e. The highest BCUT2D eigenvalue weighted by Crippen LogP contribution is 2.13. The zero-order chi connectivity index (χ0) is 11.5. The summed E-state index contributed by atoms with van der Waals surface area (Å²) < 4.78 is 5.30. The summed E-state index contributed by atoms with van der Waals surface area (Å²) in [5, 5.41) is 9.42. The van der Waals surface area contributed by atoms with Crippen LogP contribution in [0.5, 0.6) is 5.75 Å².